The summed E-state index contributed by atoms with van der Waals surface area (Å²) in [5.41, 5.74) is 13.1. The number of dihydropyridines is 2. The normalized spacial score (nSPS) is 33.4. The minimum Gasteiger partial charge on any atom is -0.508 e. The Bertz CT molecular complexity index is 3740. The average molecular weight is 1220 g/mol. The van der Waals surface area contributed by atoms with Crippen LogP contribution in [0.4, 0.5) is 0 Å². The van der Waals surface area contributed by atoms with Crippen molar-refractivity contribution in [2.24, 2.45) is 46.7 Å². The fourth-order valence-corrected chi connectivity index (χ4v) is 20.1. The van der Waals surface area contributed by atoms with Gasteiger partial charge in [0.1, 0.15) is 58.1 Å². The molecule has 15 atom stereocenters. The van der Waals surface area contributed by atoms with Crippen LogP contribution in [0.25, 0.3) is 11.0 Å². The van der Waals surface area contributed by atoms with E-state index in [-0.39, 0.29) is 93.9 Å². The number of nitrogens with one attached hydrogen (secondary N) is 3. The lowest BCUT2D eigenvalue weighted by Gasteiger charge is -2.55. The van der Waals surface area contributed by atoms with E-state index < -0.39 is 83.0 Å². The molecular weight excluding hydrogens is 1120 g/mol. The Balaban J connectivity index is 0.967. The van der Waals surface area contributed by atoms with Crippen molar-refractivity contribution < 1.29 is 54.4 Å². The van der Waals surface area contributed by atoms with Gasteiger partial charge in [0.25, 0.3) is 0 Å². The molecule has 16 nitrogen and oxygen atoms in total. The number of likely N-dealkylation sites (N-methyl/N-ethyl adjacent to an activating group) is 1. The van der Waals surface area contributed by atoms with Crippen LogP contribution in [0, 0.1) is 40.9 Å². The zero-order chi connectivity index (χ0) is 62.2. The van der Waals surface area contributed by atoms with Gasteiger partial charge in [-0.1, -0.05) is 70.0 Å². The monoisotopic (exact) mass is 1210 g/mol. The van der Waals surface area contributed by atoms with Gasteiger partial charge in [0.2, 0.25) is 0 Å². The quantitative estimate of drug-likeness (QED) is 0.0493. The van der Waals surface area contributed by atoms with Gasteiger partial charge in [-0.3, -0.25) is 10.1 Å². The molecule has 6 aliphatic carbocycles. The second-order valence-electron chi connectivity index (χ2n) is 28.9. The average Bonchev–Trinajstić information content (AvgIpc) is 1.69. The van der Waals surface area contributed by atoms with E-state index in [1.807, 2.05) is 25.1 Å². The van der Waals surface area contributed by atoms with Gasteiger partial charge in [-0.15, -0.1) is 0 Å². The highest BCUT2D eigenvalue weighted by Crippen LogP contribution is 2.67. The Morgan fingerprint density at radius 3 is 2.54 bits per heavy atom. The number of allylic oxidation sites excluding steroid dienone is 5. The zero-order valence-electron chi connectivity index (χ0n) is 52.1. The van der Waals surface area contributed by atoms with Gasteiger partial charge in [-0.05, 0) is 213 Å². The number of carbonyl (C=O) groups excluding carboxylic acids is 1. The molecule has 1 spiro atoms. The van der Waals surface area contributed by atoms with Gasteiger partial charge in [-0.25, -0.2) is 4.79 Å². The van der Waals surface area contributed by atoms with Gasteiger partial charge < -0.3 is 66.0 Å². The van der Waals surface area contributed by atoms with Gasteiger partial charge in [0.15, 0.2) is 5.43 Å². The van der Waals surface area contributed by atoms with Crippen LogP contribution in [0.3, 0.4) is 0 Å². The molecule has 0 amide bonds. The summed E-state index contributed by atoms with van der Waals surface area (Å²) in [5, 5.41) is 95.3. The highest BCUT2D eigenvalue weighted by molar-refractivity contribution is 5.93. The number of benzene rings is 3. The van der Waals surface area contributed by atoms with Crippen LogP contribution < -0.4 is 31.8 Å². The molecular formula is C73H90N4O12. The first kappa shape index (κ1) is 60.2. The lowest BCUT2D eigenvalue weighted by Crippen LogP contribution is -2.60. The molecule has 0 saturated heterocycles. The second kappa shape index (κ2) is 22.8. The standard InChI is InChI=1S/C73H90N4O12/c1-6-54(73(86)32-41-24-43(73)23-39-22-40(25-45(81)21-36(3)4)65(83)50-12-10-11-47(41)59(39)50)70(85)88-57-30-52-66(84)62-56(82)29-46(34-78)87-68(62)63-60-49-17-20-76-69(74)61(49)64(72(18-8-9-19-72)31-38-13-15-44(80)28-51(38)53(60)35-79)48-16-14-37-27-58(75-7-2)77-33-42(37)26-55(48)71(57,5)89-67(52)63/h6,10-13,15,17,27-29,33,36,39-41,43,45,48,53,55,57-58,60,64-65,75-81,83-84,86H,7-9,14,16,18-26,30-32,34-35,74H2,1-5H3/b54-6+/t39-,40+,41+,43-,45-,48+,53+,55+,57-,58?,60-,64+,65+,71+,73+/m1/s1. The third-order valence-corrected chi connectivity index (χ3v) is 23.7. The van der Waals surface area contributed by atoms with Crippen LogP contribution in [-0.4, -0.2) is 91.0 Å². The van der Waals surface area contributed by atoms with E-state index in [2.05, 4.69) is 61.1 Å². The van der Waals surface area contributed by atoms with Crippen molar-refractivity contribution in [3.8, 4) is 17.2 Å². The lowest BCUT2D eigenvalue weighted by molar-refractivity contribution is -0.173. The van der Waals surface area contributed by atoms with Crippen LogP contribution in [0.2, 0.25) is 0 Å². The summed E-state index contributed by atoms with van der Waals surface area (Å²) < 4.78 is 22.0. The fourth-order valence-electron chi connectivity index (χ4n) is 20.1. The number of hydrogen-bond acceptors (Lipinski definition) is 16. The van der Waals surface area contributed by atoms with Gasteiger partial charge in [-0.2, -0.15) is 0 Å². The first-order valence-electron chi connectivity index (χ1n) is 33.3. The Morgan fingerprint density at radius 2 is 1.79 bits per heavy atom. The SMILES string of the molecule is C/C=C(\C(=O)O[C@@H]1Cc2c3c(c4oc(CO)cc(=O)c4c2O)[C@@H]2C4=CCNC(N)=C4[C@H]([C@H]4CCC5=CC(NCC)NC=C5C[C@@H]4[C@]1(C)O3)C1(CCCC1)Cc1ccc(O)cc1[C@@H]2CO)[C@]1(O)C[C@@H]2C[C@H]1C[C@H]1C[C@@H](C[C@H](O)CC(C)C)[C@H](O)c3cccc2c31. The Hall–Kier alpha value is -6.40. The predicted molar refractivity (Wildman–Crippen MR) is 337 cm³/mol. The molecule has 5 heterocycles. The molecule has 474 valence electrons. The van der Waals surface area contributed by atoms with Crippen molar-refractivity contribution in [2.45, 2.75) is 197 Å². The molecule has 10 aliphatic rings. The second-order valence-corrected chi connectivity index (χ2v) is 28.9. The highest BCUT2D eigenvalue weighted by Gasteiger charge is 2.63. The first-order chi connectivity index (χ1) is 42.8. The molecule has 3 aromatic carbocycles. The molecule has 89 heavy (non-hydrogen) atoms. The molecule has 14 rings (SSSR count). The number of rotatable bonds is 11. The van der Waals surface area contributed by atoms with E-state index in [0.29, 0.717) is 75.2 Å². The molecule has 3 fully saturated rings. The van der Waals surface area contributed by atoms with Crippen LogP contribution >= 0.6 is 0 Å². The smallest absolute Gasteiger partial charge is 0.337 e. The van der Waals surface area contributed by atoms with E-state index in [1.165, 1.54) is 11.6 Å². The maximum atomic E-state index is 16.2. The summed E-state index contributed by atoms with van der Waals surface area (Å²) in [5.74, 6) is -3.45. The van der Waals surface area contributed by atoms with Crippen LogP contribution in [0.1, 0.15) is 193 Å². The number of esters is 1. The third kappa shape index (κ3) is 9.64. The molecule has 1 aromatic heterocycles. The number of ether oxygens (including phenoxy) is 2. The summed E-state index contributed by atoms with van der Waals surface area (Å²) in [6.45, 7) is 10.1. The number of hydrogen-bond donors (Lipinski definition) is 11. The topological polar surface area (TPSA) is 269 Å². The van der Waals surface area contributed by atoms with E-state index in [9.17, 15) is 40.5 Å². The first-order valence-corrected chi connectivity index (χ1v) is 33.3. The third-order valence-electron chi connectivity index (χ3n) is 23.7. The summed E-state index contributed by atoms with van der Waals surface area (Å²) in [6.07, 6.45) is 15.0. The molecule has 4 aromatic rings. The van der Waals surface area contributed by atoms with E-state index in [0.717, 1.165) is 83.2 Å². The van der Waals surface area contributed by atoms with Crippen LogP contribution in [-0.2, 0) is 29.0 Å². The minimum atomic E-state index is -1.62. The fraction of sp³-hybridized carbons (Fsp3) is 0.562. The minimum absolute atomic E-state index is 0.0118. The van der Waals surface area contributed by atoms with Crippen LogP contribution in [0.5, 0.6) is 17.2 Å². The van der Waals surface area contributed by atoms with Crippen molar-refractivity contribution in [1.29, 1.82) is 0 Å². The van der Waals surface area contributed by atoms with Crippen molar-refractivity contribution in [1.82, 2.24) is 16.0 Å². The lowest BCUT2D eigenvalue weighted by atomic mass is 9.54. The number of carbonyl (C=O) groups is 1. The van der Waals surface area contributed by atoms with Crippen molar-refractivity contribution in [3.63, 3.8) is 0 Å². The van der Waals surface area contributed by atoms with Crippen LogP contribution in [0.15, 0.2) is 110 Å². The number of nitrogens with two attached hydrogens (primary N) is 1. The predicted octanol–water partition coefficient (Wildman–Crippen LogP) is 9.58. The molecule has 16 heteroatoms. The van der Waals surface area contributed by atoms with Crippen molar-refractivity contribution in [2.75, 3.05) is 19.7 Å². The Labute approximate surface area is 521 Å². The number of phenols is 2. The molecule has 0 radical (unpaired) electrons. The maximum absolute atomic E-state index is 16.2. The molecule has 1 unspecified atom stereocenters. The van der Waals surface area contributed by atoms with Gasteiger partial charge in [0, 0.05) is 54.1 Å². The Morgan fingerprint density at radius 1 is 1.00 bits per heavy atom. The van der Waals surface area contributed by atoms with Gasteiger partial charge >= 0.3 is 5.97 Å². The van der Waals surface area contributed by atoms with Crippen molar-refractivity contribution in [3.05, 3.63) is 156 Å². The number of phenolic OH excluding ortho intramolecular Hbond substituents is 2. The number of fused-ring (bicyclic) bond motifs is 13. The van der Waals surface area contributed by atoms with E-state index in [1.54, 1.807) is 25.1 Å². The number of aromatic hydroxyl groups is 2. The number of aliphatic hydroxyl groups excluding tert-OH is 4. The molecule has 12 N–H and O–H groups in total. The molecule has 6 bridgehead atoms. The van der Waals surface area contributed by atoms with Crippen molar-refractivity contribution >= 4 is 16.9 Å². The zero-order valence-corrected chi connectivity index (χ0v) is 52.1. The summed E-state index contributed by atoms with van der Waals surface area (Å²) in [7, 11) is 0. The van der Waals surface area contributed by atoms with E-state index >= 15 is 4.79 Å². The Kier molecular flexibility index (Phi) is 15.4. The number of aliphatic hydroxyl groups is 5. The maximum Gasteiger partial charge on any atom is 0.337 e. The van der Waals surface area contributed by atoms with Gasteiger partial charge in [0.05, 0.1) is 36.2 Å². The molecule has 4 aliphatic heterocycles. The summed E-state index contributed by atoms with van der Waals surface area (Å²) in [6, 6.07) is 12.8. The largest absolute Gasteiger partial charge is 0.508 e. The van der Waals surface area contributed by atoms with E-state index in [4.69, 9.17) is 19.6 Å². The summed E-state index contributed by atoms with van der Waals surface area (Å²) in [4.78, 5) is 31.0. The highest BCUT2D eigenvalue weighted by atomic mass is 16.6. The summed E-state index contributed by atoms with van der Waals surface area (Å²) >= 11 is 0. The molecule has 3 saturated carbocycles.